The third kappa shape index (κ3) is 2.25. The van der Waals surface area contributed by atoms with Crippen molar-refractivity contribution < 1.29 is 9.47 Å². The van der Waals surface area contributed by atoms with Crippen molar-refractivity contribution in [3.8, 4) is 11.5 Å². The molecule has 0 saturated carbocycles. The van der Waals surface area contributed by atoms with E-state index >= 15 is 0 Å². The Labute approximate surface area is 105 Å². The van der Waals surface area contributed by atoms with Gasteiger partial charge in [-0.05, 0) is 17.7 Å². The van der Waals surface area contributed by atoms with Gasteiger partial charge >= 0.3 is 0 Å². The standard InChI is InChI=1S/C13H15N3O2/c1-16-9-11(8-15-16)14-7-10-2-3-12-13(6-10)18-5-4-17-12/h2-3,6,8-9,14H,4-5,7H2,1H3. The average molecular weight is 245 g/mol. The molecule has 2 heterocycles. The van der Waals surface area contributed by atoms with Crippen molar-refractivity contribution in [1.82, 2.24) is 9.78 Å². The zero-order chi connectivity index (χ0) is 12.4. The second kappa shape index (κ2) is 4.60. The first kappa shape index (κ1) is 11.0. The molecule has 3 rings (SSSR count). The van der Waals surface area contributed by atoms with Gasteiger partial charge in [-0.2, -0.15) is 5.10 Å². The van der Waals surface area contributed by atoms with E-state index in [1.165, 1.54) is 0 Å². The highest BCUT2D eigenvalue weighted by molar-refractivity contribution is 5.45. The Morgan fingerprint density at radius 3 is 2.89 bits per heavy atom. The first-order valence-corrected chi connectivity index (χ1v) is 5.92. The fourth-order valence-electron chi connectivity index (χ4n) is 1.91. The fraction of sp³-hybridized carbons (Fsp3) is 0.308. The van der Waals surface area contributed by atoms with Crippen molar-refractivity contribution in [1.29, 1.82) is 0 Å². The number of rotatable bonds is 3. The van der Waals surface area contributed by atoms with E-state index in [-0.39, 0.29) is 0 Å². The summed E-state index contributed by atoms with van der Waals surface area (Å²) in [6, 6.07) is 6.00. The third-order valence-corrected chi connectivity index (χ3v) is 2.81. The van der Waals surface area contributed by atoms with Gasteiger partial charge < -0.3 is 14.8 Å². The highest BCUT2D eigenvalue weighted by Gasteiger charge is 2.11. The molecule has 5 nitrogen and oxygen atoms in total. The van der Waals surface area contributed by atoms with E-state index in [4.69, 9.17) is 9.47 Å². The minimum atomic E-state index is 0.618. The average Bonchev–Trinajstić information content (AvgIpc) is 2.82. The molecule has 94 valence electrons. The largest absolute Gasteiger partial charge is 0.486 e. The van der Waals surface area contributed by atoms with Crippen LogP contribution in [0.3, 0.4) is 0 Å². The second-order valence-electron chi connectivity index (χ2n) is 4.23. The quantitative estimate of drug-likeness (QED) is 0.895. The predicted molar refractivity (Wildman–Crippen MR) is 68.0 cm³/mol. The van der Waals surface area contributed by atoms with Crippen molar-refractivity contribution in [2.75, 3.05) is 18.5 Å². The van der Waals surface area contributed by atoms with Gasteiger partial charge in [0.05, 0.1) is 11.9 Å². The smallest absolute Gasteiger partial charge is 0.161 e. The number of aromatic nitrogens is 2. The molecule has 0 saturated heterocycles. The summed E-state index contributed by atoms with van der Waals surface area (Å²) >= 11 is 0. The van der Waals surface area contributed by atoms with E-state index in [0.717, 1.165) is 29.3 Å². The number of hydrogen-bond donors (Lipinski definition) is 1. The van der Waals surface area contributed by atoms with E-state index in [0.29, 0.717) is 13.2 Å². The minimum Gasteiger partial charge on any atom is -0.486 e. The van der Waals surface area contributed by atoms with E-state index in [9.17, 15) is 0 Å². The van der Waals surface area contributed by atoms with Crippen LogP contribution in [0.15, 0.2) is 30.6 Å². The number of nitrogens with one attached hydrogen (secondary N) is 1. The first-order valence-electron chi connectivity index (χ1n) is 5.92. The second-order valence-corrected chi connectivity index (χ2v) is 4.23. The molecule has 1 aliphatic heterocycles. The summed E-state index contributed by atoms with van der Waals surface area (Å²) in [5.74, 6) is 1.65. The maximum absolute atomic E-state index is 5.55. The lowest BCUT2D eigenvalue weighted by Gasteiger charge is -2.18. The van der Waals surface area contributed by atoms with Crippen LogP contribution < -0.4 is 14.8 Å². The molecule has 1 aliphatic rings. The van der Waals surface area contributed by atoms with E-state index in [2.05, 4.69) is 10.4 Å². The van der Waals surface area contributed by atoms with E-state index < -0.39 is 0 Å². The van der Waals surface area contributed by atoms with E-state index in [1.807, 2.05) is 31.4 Å². The van der Waals surface area contributed by atoms with Crippen molar-refractivity contribution in [2.24, 2.45) is 7.05 Å². The van der Waals surface area contributed by atoms with Crippen LogP contribution in [0.2, 0.25) is 0 Å². The van der Waals surface area contributed by atoms with Crippen LogP contribution >= 0.6 is 0 Å². The number of anilines is 1. The summed E-state index contributed by atoms with van der Waals surface area (Å²) < 4.78 is 12.8. The Kier molecular flexibility index (Phi) is 2.80. The highest BCUT2D eigenvalue weighted by atomic mass is 16.6. The van der Waals surface area contributed by atoms with Crippen LogP contribution in [0.1, 0.15) is 5.56 Å². The van der Waals surface area contributed by atoms with Crippen molar-refractivity contribution in [3.05, 3.63) is 36.2 Å². The van der Waals surface area contributed by atoms with Crippen LogP contribution in [0.4, 0.5) is 5.69 Å². The molecule has 0 atom stereocenters. The first-order chi connectivity index (χ1) is 8.81. The molecule has 1 N–H and O–H groups in total. The summed E-state index contributed by atoms with van der Waals surface area (Å²) in [6.45, 7) is 1.98. The number of benzene rings is 1. The van der Waals surface area contributed by atoms with Gasteiger partial charge in [0.2, 0.25) is 0 Å². The number of nitrogens with zero attached hydrogens (tertiary/aromatic N) is 2. The molecule has 0 bridgehead atoms. The fourth-order valence-corrected chi connectivity index (χ4v) is 1.91. The lowest BCUT2D eigenvalue weighted by Crippen LogP contribution is -2.15. The van der Waals surface area contributed by atoms with Crippen LogP contribution in [0.25, 0.3) is 0 Å². The Balaban J connectivity index is 1.69. The highest BCUT2D eigenvalue weighted by Crippen LogP contribution is 2.30. The van der Waals surface area contributed by atoms with Gasteiger partial charge in [-0.3, -0.25) is 4.68 Å². The van der Waals surface area contributed by atoms with Crippen molar-refractivity contribution in [2.45, 2.75) is 6.54 Å². The van der Waals surface area contributed by atoms with Crippen molar-refractivity contribution in [3.63, 3.8) is 0 Å². The van der Waals surface area contributed by atoms with Gasteiger partial charge in [0.1, 0.15) is 13.2 Å². The Bertz CT molecular complexity index is 551. The maximum atomic E-state index is 5.55. The molecule has 1 aromatic carbocycles. The lowest BCUT2D eigenvalue weighted by atomic mass is 10.2. The zero-order valence-corrected chi connectivity index (χ0v) is 10.2. The molecule has 0 unspecified atom stereocenters. The molecular formula is C13H15N3O2. The lowest BCUT2D eigenvalue weighted by molar-refractivity contribution is 0.171. The Morgan fingerprint density at radius 2 is 2.11 bits per heavy atom. The Morgan fingerprint density at radius 1 is 1.28 bits per heavy atom. The molecule has 1 aromatic heterocycles. The predicted octanol–water partition coefficient (Wildman–Crippen LogP) is 1.80. The molecule has 0 aliphatic carbocycles. The summed E-state index contributed by atoms with van der Waals surface area (Å²) in [6.07, 6.45) is 3.75. The molecule has 18 heavy (non-hydrogen) atoms. The number of fused-ring (bicyclic) bond motifs is 1. The van der Waals surface area contributed by atoms with Gasteiger partial charge in [0, 0.05) is 19.8 Å². The number of aryl methyl sites for hydroxylation is 1. The van der Waals surface area contributed by atoms with E-state index in [1.54, 1.807) is 10.9 Å². The van der Waals surface area contributed by atoms with Crippen molar-refractivity contribution >= 4 is 5.69 Å². The third-order valence-electron chi connectivity index (χ3n) is 2.81. The summed E-state index contributed by atoms with van der Waals surface area (Å²) in [4.78, 5) is 0. The molecule has 5 heteroatoms. The van der Waals surface area contributed by atoms with Gasteiger partial charge in [-0.15, -0.1) is 0 Å². The zero-order valence-electron chi connectivity index (χ0n) is 10.2. The molecule has 0 fully saturated rings. The maximum Gasteiger partial charge on any atom is 0.161 e. The summed E-state index contributed by atoms with van der Waals surface area (Å²) in [5, 5.41) is 7.42. The summed E-state index contributed by atoms with van der Waals surface area (Å²) in [7, 11) is 1.90. The van der Waals surface area contributed by atoms with Crippen LogP contribution in [-0.4, -0.2) is 23.0 Å². The Hall–Kier alpha value is -2.17. The minimum absolute atomic E-state index is 0.618. The van der Waals surface area contributed by atoms with Gasteiger partial charge in [0.25, 0.3) is 0 Å². The topological polar surface area (TPSA) is 48.3 Å². The molecule has 0 amide bonds. The van der Waals surface area contributed by atoms with Gasteiger partial charge in [-0.25, -0.2) is 0 Å². The summed E-state index contributed by atoms with van der Waals surface area (Å²) in [5.41, 5.74) is 2.16. The van der Waals surface area contributed by atoms with Gasteiger partial charge in [-0.1, -0.05) is 6.07 Å². The van der Waals surface area contributed by atoms with Crippen LogP contribution in [0, 0.1) is 0 Å². The molecule has 0 radical (unpaired) electrons. The molecule has 2 aromatic rings. The molecular weight excluding hydrogens is 230 g/mol. The SMILES string of the molecule is Cn1cc(NCc2ccc3c(c2)OCCO3)cn1. The molecule has 0 spiro atoms. The monoisotopic (exact) mass is 245 g/mol. The number of ether oxygens (including phenoxy) is 2. The van der Waals surface area contributed by atoms with Gasteiger partial charge in [0.15, 0.2) is 11.5 Å². The normalized spacial score (nSPS) is 13.4. The van der Waals surface area contributed by atoms with Crippen LogP contribution in [-0.2, 0) is 13.6 Å². The number of hydrogen-bond acceptors (Lipinski definition) is 4. The van der Waals surface area contributed by atoms with Crippen LogP contribution in [0.5, 0.6) is 11.5 Å².